The maximum atomic E-state index is 12.9. The van der Waals surface area contributed by atoms with Crippen LogP contribution < -0.4 is 5.32 Å². The molecule has 0 spiro atoms. The van der Waals surface area contributed by atoms with Gasteiger partial charge in [-0.05, 0) is 67.9 Å². The fourth-order valence-corrected chi connectivity index (χ4v) is 6.67. The van der Waals surface area contributed by atoms with Crippen molar-refractivity contribution in [3.8, 4) is 0 Å². The van der Waals surface area contributed by atoms with Crippen molar-refractivity contribution in [2.75, 3.05) is 18.4 Å². The van der Waals surface area contributed by atoms with Crippen molar-refractivity contribution in [1.82, 2.24) is 4.31 Å². The van der Waals surface area contributed by atoms with Gasteiger partial charge in [-0.1, -0.05) is 19.4 Å². The highest BCUT2D eigenvalue weighted by atomic mass is 32.2. The lowest BCUT2D eigenvalue weighted by molar-refractivity contribution is 0.103. The molecule has 1 atom stereocenters. The zero-order valence-corrected chi connectivity index (χ0v) is 17.7. The predicted molar refractivity (Wildman–Crippen MR) is 113 cm³/mol. The fraction of sp³-hybridized carbons (Fsp3) is 0.476. The van der Waals surface area contributed by atoms with Crippen LogP contribution in [0.3, 0.4) is 0 Å². The first-order chi connectivity index (χ1) is 13.4. The molecule has 2 aliphatic rings. The average molecular weight is 419 g/mol. The van der Waals surface area contributed by atoms with E-state index in [1.165, 1.54) is 16.9 Å². The summed E-state index contributed by atoms with van der Waals surface area (Å²) in [5.41, 5.74) is 1.80. The zero-order chi connectivity index (χ0) is 19.7. The molecule has 1 aliphatic heterocycles. The fourth-order valence-electron chi connectivity index (χ4n) is 4.00. The average Bonchev–Trinajstić information content (AvgIpc) is 3.12. The number of hydrogen-bond acceptors (Lipinski definition) is 4. The second-order valence-corrected chi connectivity index (χ2v) is 10.9. The van der Waals surface area contributed by atoms with E-state index in [4.69, 9.17) is 0 Å². The summed E-state index contributed by atoms with van der Waals surface area (Å²) in [5.74, 6) is 0.495. The van der Waals surface area contributed by atoms with Crippen molar-refractivity contribution in [2.45, 2.75) is 50.3 Å². The Hall–Kier alpha value is -1.70. The van der Waals surface area contributed by atoms with Gasteiger partial charge in [0.25, 0.3) is 5.91 Å². The van der Waals surface area contributed by atoms with Crippen LogP contribution in [0.25, 0.3) is 0 Å². The summed E-state index contributed by atoms with van der Waals surface area (Å²) >= 11 is 1.56. The van der Waals surface area contributed by atoms with E-state index < -0.39 is 10.0 Å². The molecular formula is C21H26N2O3S2. The third-order valence-corrected chi connectivity index (χ3v) is 8.73. The minimum absolute atomic E-state index is 0.167. The van der Waals surface area contributed by atoms with Crippen LogP contribution in [0.5, 0.6) is 0 Å². The number of hydrogen-bond donors (Lipinski definition) is 1. The molecule has 2 aromatic rings. The molecule has 0 radical (unpaired) electrons. The van der Waals surface area contributed by atoms with Crippen LogP contribution in [-0.2, 0) is 22.9 Å². The number of amides is 1. The van der Waals surface area contributed by atoms with Crippen LogP contribution in [0.15, 0.2) is 35.2 Å². The molecule has 1 amide bonds. The molecule has 1 N–H and O–H groups in total. The van der Waals surface area contributed by atoms with Crippen molar-refractivity contribution >= 4 is 33.0 Å². The Morgan fingerprint density at radius 1 is 1.18 bits per heavy atom. The number of anilines is 1. The first-order valence-electron chi connectivity index (χ1n) is 9.96. The number of fused-ring (bicyclic) bond motifs is 1. The maximum absolute atomic E-state index is 12.9. The minimum atomic E-state index is -3.51. The summed E-state index contributed by atoms with van der Waals surface area (Å²) in [6.07, 6.45) is 6.12. The summed E-state index contributed by atoms with van der Waals surface area (Å²) in [6.45, 7) is 3.38. The van der Waals surface area contributed by atoms with Crippen LogP contribution >= 0.6 is 11.3 Å². The lowest BCUT2D eigenvalue weighted by Gasteiger charge is -2.26. The van der Waals surface area contributed by atoms with Crippen molar-refractivity contribution in [3.05, 3.63) is 45.6 Å². The van der Waals surface area contributed by atoms with Crippen LogP contribution in [0, 0.1) is 5.92 Å². The van der Waals surface area contributed by atoms with Crippen LogP contribution in [-0.4, -0.2) is 31.7 Å². The highest BCUT2D eigenvalue weighted by molar-refractivity contribution is 7.89. The van der Waals surface area contributed by atoms with Crippen LogP contribution in [0.4, 0.5) is 5.69 Å². The highest BCUT2D eigenvalue weighted by Gasteiger charge is 2.26. The summed E-state index contributed by atoms with van der Waals surface area (Å²) in [4.78, 5) is 15.0. The van der Waals surface area contributed by atoms with Gasteiger partial charge in [-0.2, -0.15) is 4.31 Å². The standard InChI is InChI=1S/C21H26N2O3S2/c1-15-8-9-19-16(12-15)13-20(27-19)21(24)22-17-6-5-7-18(14-17)28(25,26)23-10-3-2-4-11-23/h5-7,13-15H,2-4,8-12H2,1H3,(H,22,24)/t15-/m1/s1. The van der Waals surface area contributed by atoms with E-state index in [9.17, 15) is 13.2 Å². The SMILES string of the molecule is C[C@@H]1CCc2sc(C(=O)Nc3cccc(S(=O)(=O)N4CCCCC4)c3)cc2C1. The lowest BCUT2D eigenvalue weighted by Crippen LogP contribution is -2.35. The van der Waals surface area contributed by atoms with E-state index in [1.807, 2.05) is 6.07 Å². The minimum Gasteiger partial charge on any atom is -0.321 e. The Kier molecular flexibility index (Phi) is 5.58. The van der Waals surface area contributed by atoms with Crippen molar-refractivity contribution in [3.63, 3.8) is 0 Å². The largest absolute Gasteiger partial charge is 0.321 e. The van der Waals surface area contributed by atoms with Crippen molar-refractivity contribution in [1.29, 1.82) is 0 Å². The number of nitrogens with zero attached hydrogens (tertiary/aromatic N) is 1. The lowest BCUT2D eigenvalue weighted by atomic mass is 9.90. The van der Waals surface area contributed by atoms with Gasteiger partial charge in [0, 0.05) is 23.7 Å². The van der Waals surface area contributed by atoms with E-state index in [0.717, 1.165) is 32.1 Å². The molecular weight excluding hydrogens is 392 g/mol. The molecule has 0 bridgehead atoms. The van der Waals surface area contributed by atoms with E-state index in [1.54, 1.807) is 39.9 Å². The molecule has 5 nitrogen and oxygen atoms in total. The molecule has 28 heavy (non-hydrogen) atoms. The Morgan fingerprint density at radius 3 is 2.75 bits per heavy atom. The highest BCUT2D eigenvalue weighted by Crippen LogP contribution is 2.32. The molecule has 150 valence electrons. The van der Waals surface area contributed by atoms with Crippen LogP contribution in [0.2, 0.25) is 0 Å². The van der Waals surface area contributed by atoms with Crippen molar-refractivity contribution < 1.29 is 13.2 Å². The van der Waals surface area contributed by atoms with Gasteiger partial charge in [0.05, 0.1) is 9.77 Å². The molecule has 1 saturated heterocycles. The van der Waals surface area contributed by atoms with Gasteiger partial charge in [-0.3, -0.25) is 4.79 Å². The third-order valence-electron chi connectivity index (χ3n) is 5.60. The predicted octanol–water partition coefficient (Wildman–Crippen LogP) is 4.30. The molecule has 1 aromatic heterocycles. The van der Waals surface area contributed by atoms with E-state index in [-0.39, 0.29) is 10.8 Å². The summed E-state index contributed by atoms with van der Waals surface area (Å²) in [6, 6.07) is 8.60. The smallest absolute Gasteiger partial charge is 0.265 e. The number of carbonyl (C=O) groups is 1. The Balaban J connectivity index is 1.51. The monoisotopic (exact) mass is 418 g/mol. The van der Waals surface area contributed by atoms with Gasteiger partial charge >= 0.3 is 0 Å². The third kappa shape index (κ3) is 4.02. The summed E-state index contributed by atoms with van der Waals surface area (Å²) < 4.78 is 27.3. The molecule has 1 fully saturated rings. The second kappa shape index (κ2) is 7.97. The number of thiophene rings is 1. The number of carbonyl (C=O) groups excluding carboxylic acids is 1. The Morgan fingerprint density at radius 2 is 1.96 bits per heavy atom. The maximum Gasteiger partial charge on any atom is 0.265 e. The van der Waals surface area contributed by atoms with Gasteiger partial charge in [0.15, 0.2) is 0 Å². The Labute approximate surface area is 170 Å². The molecule has 4 rings (SSSR count). The first-order valence-corrected chi connectivity index (χ1v) is 12.2. The number of sulfonamides is 1. The van der Waals surface area contributed by atoms with E-state index in [0.29, 0.717) is 29.6 Å². The molecule has 1 aromatic carbocycles. The number of piperidine rings is 1. The topological polar surface area (TPSA) is 66.5 Å². The quantitative estimate of drug-likeness (QED) is 0.805. The molecule has 7 heteroatoms. The Bertz CT molecular complexity index is 975. The number of aryl methyl sites for hydroxylation is 1. The summed E-state index contributed by atoms with van der Waals surface area (Å²) in [5, 5.41) is 2.88. The van der Waals surface area contributed by atoms with Crippen LogP contribution in [0.1, 0.15) is 52.7 Å². The molecule has 2 heterocycles. The number of rotatable bonds is 4. The van der Waals surface area contributed by atoms with E-state index in [2.05, 4.69) is 12.2 Å². The second-order valence-electron chi connectivity index (χ2n) is 7.85. The van der Waals surface area contributed by atoms with Crippen molar-refractivity contribution in [2.24, 2.45) is 5.92 Å². The number of nitrogens with one attached hydrogen (secondary N) is 1. The van der Waals surface area contributed by atoms with Gasteiger partial charge in [-0.15, -0.1) is 11.3 Å². The van der Waals surface area contributed by atoms with Gasteiger partial charge in [-0.25, -0.2) is 8.42 Å². The zero-order valence-electron chi connectivity index (χ0n) is 16.1. The molecule has 1 aliphatic carbocycles. The molecule has 0 saturated carbocycles. The normalized spacial score (nSPS) is 20.5. The van der Waals surface area contributed by atoms with Gasteiger partial charge < -0.3 is 5.32 Å². The summed E-state index contributed by atoms with van der Waals surface area (Å²) in [7, 11) is -3.51. The molecule has 0 unspecified atom stereocenters. The van der Waals surface area contributed by atoms with Gasteiger partial charge in [0.2, 0.25) is 10.0 Å². The van der Waals surface area contributed by atoms with Gasteiger partial charge in [0.1, 0.15) is 0 Å². The first kappa shape index (κ1) is 19.6. The number of benzene rings is 1. The van der Waals surface area contributed by atoms with E-state index >= 15 is 0 Å².